The molecule has 1 aromatic carbocycles. The highest BCUT2D eigenvalue weighted by molar-refractivity contribution is 7.92. The number of benzene rings is 1. The van der Waals surface area contributed by atoms with E-state index in [4.69, 9.17) is 9.84 Å². The maximum absolute atomic E-state index is 12.1. The van der Waals surface area contributed by atoms with Crippen molar-refractivity contribution in [2.45, 2.75) is 12.5 Å². The van der Waals surface area contributed by atoms with Gasteiger partial charge in [-0.2, -0.15) is 4.31 Å². The molecule has 1 fully saturated rings. The molecule has 0 amide bonds. The molecule has 0 atom stereocenters. The molecule has 21 heavy (non-hydrogen) atoms. The third kappa shape index (κ3) is 4.13. The molecule has 0 unspecified atom stereocenters. The fourth-order valence-corrected chi connectivity index (χ4v) is 3.43. The van der Waals surface area contributed by atoms with Crippen molar-refractivity contribution in [1.29, 1.82) is 0 Å². The van der Waals surface area contributed by atoms with Crippen molar-refractivity contribution in [2.75, 3.05) is 19.7 Å². The molecular weight excluding hydrogens is 294 g/mol. The molecule has 1 aromatic rings. The van der Waals surface area contributed by atoms with E-state index in [0.29, 0.717) is 0 Å². The summed E-state index contributed by atoms with van der Waals surface area (Å²) in [6.45, 7) is 1.58. The molecule has 0 aromatic heterocycles. The van der Waals surface area contributed by atoms with E-state index in [1.807, 2.05) is 30.3 Å². The second kappa shape index (κ2) is 5.97. The maximum atomic E-state index is 12.1. The number of nitrogens with zero attached hydrogens (tertiary/aromatic N) is 1. The zero-order valence-corrected chi connectivity index (χ0v) is 12.4. The first-order chi connectivity index (χ1) is 9.81. The molecule has 7 heteroatoms. The maximum Gasteiger partial charge on any atom is 0.329 e. The second-order valence-electron chi connectivity index (χ2n) is 5.16. The van der Waals surface area contributed by atoms with E-state index >= 15 is 0 Å². The van der Waals surface area contributed by atoms with Gasteiger partial charge in [0.1, 0.15) is 6.61 Å². The number of carbonyl (C=O) groups is 1. The van der Waals surface area contributed by atoms with Crippen molar-refractivity contribution in [3.05, 3.63) is 41.3 Å². The number of aliphatic carboxylic acids is 1. The average Bonchev–Trinajstić information content (AvgIpc) is 2.41. The van der Waals surface area contributed by atoms with Gasteiger partial charge in [0.2, 0.25) is 10.0 Å². The molecule has 2 rings (SSSR count). The third-order valence-electron chi connectivity index (χ3n) is 3.16. The molecule has 1 aliphatic heterocycles. The van der Waals surface area contributed by atoms with E-state index in [1.165, 1.54) is 10.4 Å². The highest BCUT2D eigenvalue weighted by Crippen LogP contribution is 2.28. The number of hydrogen-bond acceptors (Lipinski definition) is 4. The molecule has 0 saturated carbocycles. The zero-order valence-electron chi connectivity index (χ0n) is 11.6. The van der Waals surface area contributed by atoms with Crippen LogP contribution in [0.4, 0.5) is 0 Å². The molecule has 0 spiro atoms. The standard InChI is InChI=1S/C14H17NO5S/c1-14(20-9-13(16)17)10-15(11-14)21(18,19)8-7-12-5-3-2-4-6-12/h2-8H,9-11H2,1H3,(H,16,17)/b8-7+. The fourth-order valence-electron chi connectivity index (χ4n) is 2.02. The Bertz CT molecular complexity index is 633. The molecule has 1 aliphatic rings. The minimum absolute atomic E-state index is 0.155. The SMILES string of the molecule is CC1(OCC(=O)O)CN(S(=O)(=O)/C=C/c2ccccc2)C1. The molecule has 1 heterocycles. The molecule has 1 saturated heterocycles. The number of hydrogen-bond donors (Lipinski definition) is 1. The van der Waals surface area contributed by atoms with Crippen LogP contribution in [0.25, 0.3) is 6.08 Å². The van der Waals surface area contributed by atoms with Crippen molar-refractivity contribution in [1.82, 2.24) is 4.31 Å². The van der Waals surface area contributed by atoms with Gasteiger partial charge in [0.05, 0.1) is 5.60 Å². The highest BCUT2D eigenvalue weighted by Gasteiger charge is 2.45. The lowest BCUT2D eigenvalue weighted by Gasteiger charge is -2.45. The van der Waals surface area contributed by atoms with Gasteiger partial charge >= 0.3 is 5.97 Å². The average molecular weight is 311 g/mol. The molecule has 6 nitrogen and oxygen atoms in total. The predicted molar refractivity (Wildman–Crippen MR) is 78.0 cm³/mol. The topological polar surface area (TPSA) is 83.9 Å². The Morgan fingerprint density at radius 1 is 1.38 bits per heavy atom. The molecular formula is C14H17NO5S. The molecule has 114 valence electrons. The molecule has 0 aliphatic carbocycles. The number of rotatable bonds is 6. The monoisotopic (exact) mass is 311 g/mol. The van der Waals surface area contributed by atoms with Crippen LogP contribution in [0.1, 0.15) is 12.5 Å². The van der Waals surface area contributed by atoms with Crippen LogP contribution < -0.4 is 0 Å². The van der Waals surface area contributed by atoms with Crippen molar-refractivity contribution in [3.8, 4) is 0 Å². The van der Waals surface area contributed by atoms with Gasteiger partial charge in [-0.25, -0.2) is 13.2 Å². The van der Waals surface area contributed by atoms with E-state index in [1.54, 1.807) is 6.92 Å². The fraction of sp³-hybridized carbons (Fsp3) is 0.357. The van der Waals surface area contributed by atoms with E-state index in [2.05, 4.69) is 0 Å². The number of ether oxygens (including phenoxy) is 1. The number of sulfonamides is 1. The summed E-state index contributed by atoms with van der Waals surface area (Å²) in [5.41, 5.74) is 0.0676. The lowest BCUT2D eigenvalue weighted by molar-refractivity contribution is -0.157. The van der Waals surface area contributed by atoms with Crippen LogP contribution in [0.5, 0.6) is 0 Å². The normalized spacial score (nSPS) is 18.5. The van der Waals surface area contributed by atoms with Gasteiger partial charge in [-0.15, -0.1) is 0 Å². The Kier molecular flexibility index (Phi) is 4.46. The highest BCUT2D eigenvalue weighted by atomic mass is 32.2. The van der Waals surface area contributed by atoms with Crippen molar-refractivity contribution < 1.29 is 23.1 Å². The third-order valence-corrected chi connectivity index (χ3v) is 4.62. The van der Waals surface area contributed by atoms with Crippen LogP contribution in [0.2, 0.25) is 0 Å². The van der Waals surface area contributed by atoms with Crippen LogP contribution >= 0.6 is 0 Å². The van der Waals surface area contributed by atoms with Gasteiger partial charge < -0.3 is 9.84 Å². The smallest absolute Gasteiger partial charge is 0.329 e. The minimum Gasteiger partial charge on any atom is -0.480 e. The summed E-state index contributed by atoms with van der Waals surface area (Å²) >= 11 is 0. The van der Waals surface area contributed by atoms with E-state index in [0.717, 1.165) is 11.0 Å². The van der Waals surface area contributed by atoms with Gasteiger partial charge in [0, 0.05) is 18.5 Å². The minimum atomic E-state index is -3.51. The lowest BCUT2D eigenvalue weighted by atomic mass is 10.0. The van der Waals surface area contributed by atoms with Gasteiger partial charge in [-0.1, -0.05) is 30.3 Å². The van der Waals surface area contributed by atoms with Crippen LogP contribution in [-0.2, 0) is 19.6 Å². The van der Waals surface area contributed by atoms with E-state index in [-0.39, 0.29) is 13.1 Å². The summed E-state index contributed by atoms with van der Waals surface area (Å²) in [6, 6.07) is 9.12. The van der Waals surface area contributed by atoms with Gasteiger partial charge in [-0.3, -0.25) is 0 Å². The van der Waals surface area contributed by atoms with Crippen molar-refractivity contribution >= 4 is 22.1 Å². The quantitative estimate of drug-likeness (QED) is 0.852. The summed E-state index contributed by atoms with van der Waals surface area (Å²) in [5, 5.41) is 9.72. The van der Waals surface area contributed by atoms with Crippen LogP contribution in [-0.4, -0.2) is 49.1 Å². The summed E-state index contributed by atoms with van der Waals surface area (Å²) in [6.07, 6.45) is 1.53. The predicted octanol–water partition coefficient (Wildman–Crippen LogP) is 1.16. The Hall–Kier alpha value is -1.70. The Morgan fingerprint density at radius 2 is 2.00 bits per heavy atom. The lowest BCUT2D eigenvalue weighted by Crippen LogP contribution is -2.62. The number of carboxylic acids is 1. The molecule has 0 bridgehead atoms. The van der Waals surface area contributed by atoms with Gasteiger partial charge in [-0.05, 0) is 18.6 Å². The van der Waals surface area contributed by atoms with Crippen molar-refractivity contribution in [3.63, 3.8) is 0 Å². The van der Waals surface area contributed by atoms with E-state index < -0.39 is 28.2 Å². The summed E-state index contributed by atoms with van der Waals surface area (Å²) in [5.74, 6) is -1.07. The number of carboxylic acid groups (broad SMARTS) is 1. The van der Waals surface area contributed by atoms with E-state index in [9.17, 15) is 13.2 Å². The van der Waals surface area contributed by atoms with Crippen molar-refractivity contribution in [2.24, 2.45) is 0 Å². The Balaban J connectivity index is 1.94. The first kappa shape index (κ1) is 15.7. The first-order valence-electron chi connectivity index (χ1n) is 6.40. The molecule has 1 N–H and O–H groups in total. The Labute approximate surface area is 123 Å². The molecule has 0 radical (unpaired) electrons. The van der Waals surface area contributed by atoms with Gasteiger partial charge in [0.25, 0.3) is 0 Å². The summed E-state index contributed by atoms with van der Waals surface area (Å²) in [7, 11) is -3.51. The zero-order chi connectivity index (χ0) is 15.5. The van der Waals surface area contributed by atoms with Crippen LogP contribution in [0, 0.1) is 0 Å². The summed E-state index contributed by atoms with van der Waals surface area (Å²) in [4.78, 5) is 10.5. The van der Waals surface area contributed by atoms with Gasteiger partial charge in [0.15, 0.2) is 0 Å². The summed E-state index contributed by atoms with van der Waals surface area (Å²) < 4.78 is 30.6. The van der Waals surface area contributed by atoms with Crippen LogP contribution in [0.15, 0.2) is 35.7 Å². The van der Waals surface area contributed by atoms with Crippen LogP contribution in [0.3, 0.4) is 0 Å². The largest absolute Gasteiger partial charge is 0.480 e. The first-order valence-corrected chi connectivity index (χ1v) is 7.90. The second-order valence-corrected chi connectivity index (χ2v) is 6.98. The Morgan fingerprint density at radius 3 is 2.57 bits per heavy atom.